The minimum Gasteiger partial charge on any atom is -0.484 e. The molecule has 0 radical (unpaired) electrons. The Morgan fingerprint density at radius 1 is 1.43 bits per heavy atom. The van der Waals surface area contributed by atoms with Crippen LogP contribution in [0.1, 0.15) is 20.3 Å². The number of ether oxygens (including phenoxy) is 2. The third-order valence-electron chi connectivity index (χ3n) is 2.70. The summed E-state index contributed by atoms with van der Waals surface area (Å²) in [5.74, 6) is 0.234. The van der Waals surface area contributed by atoms with Gasteiger partial charge in [-0.15, -0.1) is 0 Å². The van der Waals surface area contributed by atoms with Crippen LogP contribution in [0.5, 0.6) is 5.75 Å². The van der Waals surface area contributed by atoms with Crippen LogP contribution in [-0.2, 0) is 4.74 Å². The molecule has 21 heavy (non-hydrogen) atoms. The Labute approximate surface area is 124 Å². The minimum atomic E-state index is -0.600. The maximum absolute atomic E-state index is 11.2. The Hall–Kier alpha value is -1.86. The SMILES string of the molecule is COCC(O)CCNc1cccc(OC(C)C)c1[N+](=O)[O-]. The Morgan fingerprint density at radius 2 is 2.14 bits per heavy atom. The zero-order valence-electron chi connectivity index (χ0n) is 12.5. The molecule has 1 atom stereocenters. The van der Waals surface area contributed by atoms with Crippen LogP contribution in [0.15, 0.2) is 18.2 Å². The molecule has 2 N–H and O–H groups in total. The number of hydrogen-bond donors (Lipinski definition) is 2. The third-order valence-corrected chi connectivity index (χ3v) is 2.70. The lowest BCUT2D eigenvalue weighted by Crippen LogP contribution is -2.18. The summed E-state index contributed by atoms with van der Waals surface area (Å²) in [5.41, 5.74) is 0.287. The highest BCUT2D eigenvalue weighted by molar-refractivity contribution is 5.68. The Morgan fingerprint density at radius 3 is 2.71 bits per heavy atom. The lowest BCUT2D eigenvalue weighted by Gasteiger charge is -2.14. The number of nitro benzene ring substituents is 1. The van der Waals surface area contributed by atoms with Crippen LogP contribution < -0.4 is 10.1 Å². The van der Waals surface area contributed by atoms with E-state index in [-0.39, 0.29) is 24.1 Å². The summed E-state index contributed by atoms with van der Waals surface area (Å²) in [4.78, 5) is 10.8. The third kappa shape index (κ3) is 5.57. The molecule has 0 bridgehead atoms. The van der Waals surface area contributed by atoms with Crippen molar-refractivity contribution in [3.05, 3.63) is 28.3 Å². The molecular formula is C14H22N2O5. The zero-order chi connectivity index (χ0) is 15.8. The topological polar surface area (TPSA) is 93.9 Å². The van der Waals surface area contributed by atoms with E-state index in [1.165, 1.54) is 7.11 Å². The Balaban J connectivity index is 2.79. The maximum Gasteiger partial charge on any atom is 0.333 e. The lowest BCUT2D eigenvalue weighted by molar-refractivity contribution is -0.385. The zero-order valence-corrected chi connectivity index (χ0v) is 12.5. The van der Waals surface area contributed by atoms with Crippen LogP contribution in [0.3, 0.4) is 0 Å². The number of nitrogens with zero attached hydrogens (tertiary/aromatic N) is 1. The maximum atomic E-state index is 11.2. The first kappa shape index (κ1) is 17.2. The fourth-order valence-corrected chi connectivity index (χ4v) is 1.85. The minimum absolute atomic E-state index is 0.0903. The van der Waals surface area contributed by atoms with Crippen LogP contribution in [0.4, 0.5) is 11.4 Å². The molecule has 0 saturated carbocycles. The first-order valence-electron chi connectivity index (χ1n) is 6.80. The molecule has 0 aliphatic rings. The van der Waals surface area contributed by atoms with Gasteiger partial charge in [-0.25, -0.2) is 0 Å². The molecule has 0 saturated heterocycles. The normalized spacial score (nSPS) is 12.2. The second-order valence-electron chi connectivity index (χ2n) is 4.90. The van der Waals surface area contributed by atoms with Crippen molar-refractivity contribution in [1.82, 2.24) is 0 Å². The first-order chi connectivity index (χ1) is 9.95. The molecule has 0 aliphatic heterocycles. The van der Waals surface area contributed by atoms with Gasteiger partial charge in [-0.3, -0.25) is 10.1 Å². The molecule has 1 rings (SSSR count). The van der Waals surface area contributed by atoms with Gasteiger partial charge in [-0.1, -0.05) is 6.07 Å². The second kappa shape index (κ2) is 8.43. The van der Waals surface area contributed by atoms with Crippen LogP contribution in [0.2, 0.25) is 0 Å². The summed E-state index contributed by atoms with van der Waals surface area (Å²) < 4.78 is 10.3. The van der Waals surface area contributed by atoms with E-state index < -0.39 is 11.0 Å². The van der Waals surface area contributed by atoms with E-state index in [9.17, 15) is 15.2 Å². The Bertz CT molecular complexity index is 465. The summed E-state index contributed by atoms with van der Waals surface area (Å²) in [5, 5.41) is 23.8. The van der Waals surface area contributed by atoms with Gasteiger partial charge in [0.1, 0.15) is 5.69 Å². The first-order valence-corrected chi connectivity index (χ1v) is 6.80. The molecule has 7 nitrogen and oxygen atoms in total. The van der Waals surface area contributed by atoms with Crippen molar-refractivity contribution in [3.63, 3.8) is 0 Å². The molecule has 118 valence electrons. The van der Waals surface area contributed by atoms with Crippen LogP contribution in [0, 0.1) is 10.1 Å². The molecule has 0 aromatic heterocycles. The van der Waals surface area contributed by atoms with Crippen molar-refractivity contribution in [3.8, 4) is 5.75 Å². The number of methoxy groups -OCH3 is 1. The van der Waals surface area contributed by atoms with Crippen LogP contribution >= 0.6 is 0 Å². The van der Waals surface area contributed by atoms with Gasteiger partial charge in [-0.2, -0.15) is 0 Å². The Kier molecular flexibility index (Phi) is 6.90. The monoisotopic (exact) mass is 298 g/mol. The number of hydrogen-bond acceptors (Lipinski definition) is 6. The van der Waals surface area contributed by atoms with E-state index >= 15 is 0 Å². The van der Waals surface area contributed by atoms with Crippen molar-refractivity contribution in [2.24, 2.45) is 0 Å². The standard InChI is InChI=1S/C14H22N2O5/c1-10(2)21-13-6-4-5-12(14(13)16(18)19)15-8-7-11(17)9-20-3/h4-6,10-11,15,17H,7-9H2,1-3H3. The van der Waals surface area contributed by atoms with Crippen molar-refractivity contribution in [2.45, 2.75) is 32.5 Å². The predicted molar refractivity (Wildman–Crippen MR) is 79.8 cm³/mol. The average molecular weight is 298 g/mol. The smallest absolute Gasteiger partial charge is 0.333 e. The van der Waals surface area contributed by atoms with E-state index in [0.29, 0.717) is 18.7 Å². The van der Waals surface area contributed by atoms with Gasteiger partial charge in [0.2, 0.25) is 0 Å². The number of anilines is 1. The van der Waals surface area contributed by atoms with Crippen LogP contribution in [-0.4, -0.2) is 42.5 Å². The average Bonchev–Trinajstić information content (AvgIpc) is 2.38. The quantitative estimate of drug-likeness (QED) is 0.536. The number of nitro groups is 1. The van der Waals surface area contributed by atoms with E-state index in [4.69, 9.17) is 9.47 Å². The summed E-state index contributed by atoms with van der Waals surface area (Å²) in [6.45, 7) is 4.26. The number of aliphatic hydroxyl groups excluding tert-OH is 1. The van der Waals surface area contributed by atoms with Crippen molar-refractivity contribution in [1.29, 1.82) is 0 Å². The van der Waals surface area contributed by atoms with Gasteiger partial charge < -0.3 is 19.9 Å². The summed E-state index contributed by atoms with van der Waals surface area (Å²) in [6, 6.07) is 4.88. The summed E-state index contributed by atoms with van der Waals surface area (Å²) in [6.07, 6.45) is -0.320. The van der Waals surface area contributed by atoms with Crippen molar-refractivity contribution < 1.29 is 19.5 Å². The number of nitrogens with one attached hydrogen (secondary N) is 1. The molecule has 0 heterocycles. The highest BCUT2D eigenvalue weighted by Crippen LogP contribution is 2.35. The fraction of sp³-hybridized carbons (Fsp3) is 0.571. The van der Waals surface area contributed by atoms with E-state index in [0.717, 1.165) is 0 Å². The second-order valence-corrected chi connectivity index (χ2v) is 4.90. The molecule has 1 unspecified atom stereocenters. The largest absolute Gasteiger partial charge is 0.484 e. The van der Waals surface area contributed by atoms with Crippen LogP contribution in [0.25, 0.3) is 0 Å². The molecule has 0 fully saturated rings. The van der Waals surface area contributed by atoms with Gasteiger partial charge >= 0.3 is 5.69 Å². The number of aliphatic hydroxyl groups is 1. The highest BCUT2D eigenvalue weighted by atomic mass is 16.6. The van der Waals surface area contributed by atoms with Crippen molar-refractivity contribution in [2.75, 3.05) is 25.6 Å². The summed E-state index contributed by atoms with van der Waals surface area (Å²) >= 11 is 0. The van der Waals surface area contributed by atoms with Gasteiger partial charge in [0.05, 0.1) is 23.7 Å². The van der Waals surface area contributed by atoms with Gasteiger partial charge in [-0.05, 0) is 32.4 Å². The number of rotatable bonds is 9. The van der Waals surface area contributed by atoms with Gasteiger partial charge in [0, 0.05) is 13.7 Å². The molecule has 1 aromatic carbocycles. The molecule has 1 aromatic rings. The summed E-state index contributed by atoms with van der Waals surface area (Å²) in [7, 11) is 1.51. The molecule has 0 spiro atoms. The lowest BCUT2D eigenvalue weighted by atomic mass is 10.2. The van der Waals surface area contributed by atoms with E-state index in [1.54, 1.807) is 18.2 Å². The fourth-order valence-electron chi connectivity index (χ4n) is 1.85. The molecule has 0 aliphatic carbocycles. The van der Waals surface area contributed by atoms with E-state index in [2.05, 4.69) is 5.32 Å². The molecule has 0 amide bonds. The van der Waals surface area contributed by atoms with E-state index in [1.807, 2.05) is 13.8 Å². The van der Waals surface area contributed by atoms with Gasteiger partial charge in [0.15, 0.2) is 5.75 Å². The van der Waals surface area contributed by atoms with Crippen molar-refractivity contribution >= 4 is 11.4 Å². The van der Waals surface area contributed by atoms with Gasteiger partial charge in [0.25, 0.3) is 0 Å². The molecule has 7 heteroatoms. The number of benzene rings is 1. The predicted octanol–water partition coefficient (Wildman–Crippen LogP) is 2.19. The highest BCUT2D eigenvalue weighted by Gasteiger charge is 2.21. The number of para-hydroxylation sites is 1. The molecular weight excluding hydrogens is 276 g/mol.